The number of β-amino-alcohol motifs (C(OH)–C–C–N with tert-alkyl or cyclic N) is 2. The van der Waals surface area contributed by atoms with Gasteiger partial charge in [-0.15, -0.1) is 0 Å². The van der Waals surface area contributed by atoms with Crippen molar-refractivity contribution in [1.29, 1.82) is 0 Å². The number of ketones is 1. The van der Waals surface area contributed by atoms with E-state index in [1.54, 1.807) is 0 Å². The van der Waals surface area contributed by atoms with E-state index in [2.05, 4.69) is 15.1 Å². The third-order valence-corrected chi connectivity index (χ3v) is 29.3. The highest BCUT2D eigenvalue weighted by Crippen LogP contribution is 2.61. The standard InChI is InChI=1S/C28H34ClF2N3O4S.C22H22ClF2NO4S.C22H22ClF2NO3S.C6H14N2O/c29-21-4-6-24(7-5-21)39(37,38)34-25(20-16-22(30)18-23(31)17-20)2-1-3-26(34)28(8-9-28)19-27(36)33-12-10-32(11-13-33)14-15-35;23-15-4-6-18(7-5-15)31(29,30)26-19(14-10-16(24)12-17(25)11-14)2-1-3-20(26)22(8-9-22)13-21(27)28;1-14(27)22(9-10-22)21-4-2-3-20(15-11-17(24)13-18(25)12-15)26(21)30(28,29)19-7-5-16(23)6-8-19;9-6-5-8-3-1-7-2-4-8/h4-7,16-18,25-26,35H,1-3,8-15,19H2;4-7,10-12,19-20H,1-3,8-9,13H2,(H,27,28);5-8,11-13,20-21H,2-4,9-10H2,1H3;7,9H,1-6H2/t25-,26+;19-,20+;20-,21+;/m111./s1. The molecule has 5 aliphatic heterocycles. The van der Waals surface area contributed by atoms with Gasteiger partial charge in [-0.05, 0) is 240 Å². The van der Waals surface area contributed by atoms with Gasteiger partial charge in [-0.2, -0.15) is 12.9 Å². The maximum atomic E-state index is 14.3. The number of carbonyl (C=O) groups excluding carboxylic acids is 2. The fourth-order valence-corrected chi connectivity index (χ4v) is 23.0. The topological polar surface area (TPSA) is 246 Å². The second-order valence-electron chi connectivity index (χ2n) is 29.8. The van der Waals surface area contributed by atoms with Crippen LogP contribution >= 0.6 is 34.8 Å². The number of sulfonamides is 3. The van der Waals surface area contributed by atoms with Gasteiger partial charge in [0.1, 0.15) is 40.7 Å². The minimum atomic E-state index is -4.09. The summed E-state index contributed by atoms with van der Waals surface area (Å²) in [4.78, 5) is 43.7. The normalized spacial score (nSPS) is 23.7. The molecule has 6 atom stereocenters. The molecule has 8 fully saturated rings. The number of hydrogen-bond acceptors (Lipinski definition) is 14. The lowest BCUT2D eigenvalue weighted by molar-refractivity contribution is -0.139. The van der Waals surface area contributed by atoms with Gasteiger partial charge >= 0.3 is 5.97 Å². The second-order valence-corrected chi connectivity index (χ2v) is 36.6. The van der Waals surface area contributed by atoms with Gasteiger partial charge in [0.15, 0.2) is 0 Å². The molecule has 0 spiro atoms. The van der Waals surface area contributed by atoms with E-state index in [1.807, 2.05) is 4.90 Å². The molecule has 6 aromatic rings. The number of benzene rings is 6. The number of piperazine rings is 2. The molecular formula is C78H92Cl3F6N7O12S3. The maximum Gasteiger partial charge on any atom is 0.303 e. The molecule has 1 amide bonds. The quantitative estimate of drug-likeness (QED) is 0.0490. The number of amides is 1. The SMILES string of the molecule is CC(=O)C1([C@@H]2CCC[C@H](c3cc(F)cc(F)c3)N2S(=O)(=O)c2ccc(Cl)cc2)CC1.O=C(CC1([C@@H]2CCC[C@H](c3cc(F)cc(F)c3)N2S(=O)(=O)c2ccc(Cl)cc2)CC1)N1CCN(CCO)CC1.O=C(O)CC1([C@@H]2CCC[C@H](c3cc(F)cc(F)c3)N2S(=O)(=O)c2ccc(Cl)cc2)CC1.OCCN1CCNCC1. The van der Waals surface area contributed by atoms with Gasteiger partial charge in [-0.3, -0.25) is 24.2 Å². The number of aliphatic hydroxyl groups is 2. The van der Waals surface area contributed by atoms with Crippen LogP contribution in [0.15, 0.2) is 142 Å². The maximum absolute atomic E-state index is 14.3. The van der Waals surface area contributed by atoms with E-state index in [-0.39, 0.29) is 62.5 Å². The van der Waals surface area contributed by atoms with Crippen LogP contribution in [0.1, 0.15) is 151 Å². The summed E-state index contributed by atoms with van der Waals surface area (Å²) in [6.45, 7) is 10.1. The van der Waals surface area contributed by atoms with Gasteiger partial charge in [-0.1, -0.05) is 34.8 Å². The first-order chi connectivity index (χ1) is 51.8. The number of piperidine rings is 3. The number of rotatable bonds is 21. The van der Waals surface area contributed by atoms with E-state index in [9.17, 15) is 76.2 Å². The zero-order valence-corrected chi connectivity index (χ0v) is 65.1. The summed E-state index contributed by atoms with van der Waals surface area (Å²) in [5.41, 5.74) is -1.17. The summed E-state index contributed by atoms with van der Waals surface area (Å²) >= 11 is 17.9. The third kappa shape index (κ3) is 19.8. The molecule has 8 aliphatic rings. The van der Waals surface area contributed by atoms with E-state index in [0.717, 1.165) is 63.1 Å². The summed E-state index contributed by atoms with van der Waals surface area (Å²) in [5, 5.41) is 31.6. The number of carboxylic acids is 1. The van der Waals surface area contributed by atoms with Crippen molar-refractivity contribution in [2.24, 2.45) is 16.2 Å². The average Bonchev–Trinajstić information content (AvgIpc) is 1.60. The van der Waals surface area contributed by atoms with Crippen LogP contribution in [0.5, 0.6) is 0 Å². The van der Waals surface area contributed by atoms with Crippen molar-refractivity contribution in [2.45, 2.75) is 167 Å². The van der Waals surface area contributed by atoms with Gasteiger partial charge in [0, 0.05) is 129 Å². The van der Waals surface area contributed by atoms with Crippen LogP contribution in [0.25, 0.3) is 0 Å². The lowest BCUT2D eigenvalue weighted by Crippen LogP contribution is -2.53. The fourth-order valence-electron chi connectivity index (χ4n) is 16.8. The molecular weight excluding hydrogens is 1540 g/mol. The predicted molar refractivity (Wildman–Crippen MR) is 401 cm³/mol. The highest BCUT2D eigenvalue weighted by molar-refractivity contribution is 7.89. The molecule has 6 aromatic carbocycles. The number of carbonyl (C=O) groups is 3. The number of Topliss-reactive ketones (excluding diaryl/α,β-unsaturated/α-hetero) is 1. The lowest BCUT2D eigenvalue weighted by atomic mass is 9.82. The molecule has 109 heavy (non-hydrogen) atoms. The van der Waals surface area contributed by atoms with Crippen molar-refractivity contribution in [3.63, 3.8) is 0 Å². The number of carboxylic acid groups (broad SMARTS) is 1. The van der Waals surface area contributed by atoms with Gasteiger partial charge in [-0.25, -0.2) is 51.6 Å². The Balaban J connectivity index is 0.000000154. The van der Waals surface area contributed by atoms with E-state index in [0.29, 0.717) is 151 Å². The lowest BCUT2D eigenvalue weighted by Gasteiger charge is -2.45. The van der Waals surface area contributed by atoms with E-state index >= 15 is 0 Å². The van der Waals surface area contributed by atoms with Crippen molar-refractivity contribution >= 4 is 82.5 Å². The molecule has 14 rings (SSSR count). The largest absolute Gasteiger partial charge is 0.481 e. The minimum Gasteiger partial charge on any atom is -0.481 e. The molecule has 0 radical (unpaired) electrons. The molecule has 5 heterocycles. The van der Waals surface area contributed by atoms with E-state index in [4.69, 9.17) is 39.9 Å². The molecule has 19 nitrogen and oxygen atoms in total. The first-order valence-electron chi connectivity index (χ1n) is 37.0. The number of aliphatic carboxylic acids is 1. The smallest absolute Gasteiger partial charge is 0.303 e. The van der Waals surface area contributed by atoms with Gasteiger partial charge in [0.2, 0.25) is 36.0 Å². The molecule has 31 heteroatoms. The van der Waals surface area contributed by atoms with Gasteiger partial charge in [0.05, 0.1) is 52.4 Å². The first kappa shape index (κ1) is 83.8. The summed E-state index contributed by atoms with van der Waals surface area (Å²) in [5.74, 6) is -5.64. The Morgan fingerprint density at radius 1 is 0.440 bits per heavy atom. The number of aliphatic hydroxyl groups excluding tert-OH is 2. The molecule has 0 bridgehead atoms. The molecule has 3 aliphatic carbocycles. The highest BCUT2D eigenvalue weighted by atomic mass is 35.5. The number of halogens is 9. The molecule has 592 valence electrons. The Morgan fingerprint density at radius 3 is 1.06 bits per heavy atom. The average molecular weight is 1640 g/mol. The van der Waals surface area contributed by atoms with Crippen molar-refractivity contribution in [3.8, 4) is 0 Å². The third-order valence-electron chi connectivity index (χ3n) is 22.8. The van der Waals surface area contributed by atoms with Crippen LogP contribution < -0.4 is 5.32 Å². The van der Waals surface area contributed by atoms with Crippen molar-refractivity contribution in [3.05, 3.63) is 194 Å². The van der Waals surface area contributed by atoms with E-state index in [1.165, 1.54) is 117 Å². The van der Waals surface area contributed by atoms with Crippen LogP contribution in [-0.4, -0.2) is 183 Å². The van der Waals surface area contributed by atoms with Crippen molar-refractivity contribution in [1.82, 2.24) is 32.9 Å². The molecule has 0 aromatic heterocycles. The Labute approximate surface area is 648 Å². The summed E-state index contributed by atoms with van der Waals surface area (Å²) in [6, 6.07) is 22.9. The monoisotopic (exact) mass is 1630 g/mol. The zero-order chi connectivity index (χ0) is 78.4. The fraction of sp³-hybridized carbons (Fsp3) is 0.500. The first-order valence-corrected chi connectivity index (χ1v) is 42.4. The number of hydrogen-bond donors (Lipinski definition) is 4. The second kappa shape index (κ2) is 35.5. The molecule has 0 unspecified atom stereocenters. The van der Waals surface area contributed by atoms with Crippen LogP contribution in [0.4, 0.5) is 26.3 Å². The van der Waals surface area contributed by atoms with Gasteiger partial charge < -0.3 is 25.5 Å². The predicted octanol–water partition coefficient (Wildman–Crippen LogP) is 13.5. The molecule has 3 saturated carbocycles. The highest BCUT2D eigenvalue weighted by Gasteiger charge is 2.61. The van der Waals surface area contributed by atoms with Crippen molar-refractivity contribution in [2.75, 3.05) is 78.7 Å². The Morgan fingerprint density at radius 2 is 0.752 bits per heavy atom. The van der Waals surface area contributed by atoms with Crippen LogP contribution in [0.3, 0.4) is 0 Å². The number of nitrogens with zero attached hydrogens (tertiary/aromatic N) is 6. The summed E-state index contributed by atoms with van der Waals surface area (Å²) in [6.07, 6.45) is 8.72. The Kier molecular flexibility index (Phi) is 27.3. The minimum absolute atomic E-state index is 0.00101. The Hall–Kier alpha value is -6.09. The van der Waals surface area contributed by atoms with E-state index < -0.39 is 123 Å². The van der Waals surface area contributed by atoms with Crippen LogP contribution in [-0.2, 0) is 44.5 Å². The molecule has 5 saturated heterocycles. The Bertz CT molecular complexity index is 4500. The van der Waals surface area contributed by atoms with Crippen LogP contribution in [0.2, 0.25) is 15.1 Å². The summed E-state index contributed by atoms with van der Waals surface area (Å²) < 4.78 is 172. The van der Waals surface area contributed by atoms with Crippen molar-refractivity contribution < 1.29 is 81.3 Å². The zero-order valence-electron chi connectivity index (χ0n) is 60.4. The molecule has 4 N–H and O–H groups in total. The number of nitrogens with one attached hydrogen (secondary N) is 1. The van der Waals surface area contributed by atoms with Crippen LogP contribution in [0, 0.1) is 51.1 Å². The summed E-state index contributed by atoms with van der Waals surface area (Å²) in [7, 11) is -12.2. The van der Waals surface area contributed by atoms with Gasteiger partial charge in [0.25, 0.3) is 0 Å².